The lowest BCUT2D eigenvalue weighted by molar-refractivity contribution is 0.268. The summed E-state index contributed by atoms with van der Waals surface area (Å²) in [6, 6.07) is 6.07. The molecular weight excluding hydrogens is 266 g/mol. The molecule has 1 heterocycles. The summed E-state index contributed by atoms with van der Waals surface area (Å²) in [6.45, 7) is 4.99. The number of imidazole rings is 1. The first-order chi connectivity index (χ1) is 10.3. The Morgan fingerprint density at radius 2 is 2.14 bits per heavy atom. The Hall–Kier alpha value is -2.01. The molecule has 5 heteroatoms. The molecule has 1 N–H and O–H groups in total. The summed E-state index contributed by atoms with van der Waals surface area (Å²) in [6.07, 6.45) is 6.49. The number of ether oxygens (including phenoxy) is 2. The van der Waals surface area contributed by atoms with Crippen molar-refractivity contribution >= 4 is 0 Å². The van der Waals surface area contributed by atoms with Crippen molar-refractivity contribution in [3.8, 4) is 11.5 Å². The standard InChI is InChI=1S/C16H23N3O2/c1-3-20-16-11-14(12-17-2)5-6-15(16)21-10-4-8-19-9-7-18-13-19/h5-7,9,11,13,17H,3-4,8,10,12H2,1-2H3. The Kier molecular flexibility index (Phi) is 6.09. The highest BCUT2D eigenvalue weighted by molar-refractivity contribution is 5.43. The second-order valence-corrected chi connectivity index (χ2v) is 4.75. The molecule has 0 spiro atoms. The van der Waals surface area contributed by atoms with Crippen molar-refractivity contribution in [2.24, 2.45) is 0 Å². The molecule has 114 valence electrons. The molecule has 5 nitrogen and oxygen atoms in total. The fraction of sp³-hybridized carbons (Fsp3) is 0.438. The number of hydrogen-bond donors (Lipinski definition) is 1. The van der Waals surface area contributed by atoms with Crippen molar-refractivity contribution in [3.05, 3.63) is 42.5 Å². The average Bonchev–Trinajstić information content (AvgIpc) is 2.99. The van der Waals surface area contributed by atoms with E-state index in [1.54, 1.807) is 6.20 Å². The van der Waals surface area contributed by atoms with Gasteiger partial charge >= 0.3 is 0 Å². The van der Waals surface area contributed by atoms with Gasteiger partial charge in [-0.1, -0.05) is 6.07 Å². The van der Waals surface area contributed by atoms with E-state index in [9.17, 15) is 0 Å². The molecule has 0 aliphatic carbocycles. The normalized spacial score (nSPS) is 10.6. The highest BCUT2D eigenvalue weighted by Gasteiger charge is 2.06. The predicted molar refractivity (Wildman–Crippen MR) is 82.7 cm³/mol. The summed E-state index contributed by atoms with van der Waals surface area (Å²) in [7, 11) is 1.93. The smallest absolute Gasteiger partial charge is 0.161 e. The summed E-state index contributed by atoms with van der Waals surface area (Å²) in [5, 5.41) is 3.14. The molecule has 0 aliphatic heterocycles. The van der Waals surface area contributed by atoms with Crippen molar-refractivity contribution in [3.63, 3.8) is 0 Å². The molecule has 0 unspecified atom stereocenters. The van der Waals surface area contributed by atoms with Crippen molar-refractivity contribution in [2.45, 2.75) is 26.4 Å². The summed E-state index contributed by atoms with van der Waals surface area (Å²) >= 11 is 0. The maximum atomic E-state index is 5.84. The summed E-state index contributed by atoms with van der Waals surface area (Å²) in [5.41, 5.74) is 1.19. The highest BCUT2D eigenvalue weighted by Crippen LogP contribution is 2.28. The largest absolute Gasteiger partial charge is 0.490 e. The molecule has 0 bridgehead atoms. The van der Waals surface area contributed by atoms with Crippen LogP contribution in [0.25, 0.3) is 0 Å². The first kappa shape index (κ1) is 15.4. The molecule has 0 fully saturated rings. The second-order valence-electron chi connectivity index (χ2n) is 4.75. The molecule has 0 saturated heterocycles. The second kappa shape index (κ2) is 8.32. The van der Waals surface area contributed by atoms with Gasteiger partial charge in [-0.15, -0.1) is 0 Å². The summed E-state index contributed by atoms with van der Waals surface area (Å²) in [4.78, 5) is 4.02. The molecule has 1 aromatic heterocycles. The fourth-order valence-corrected chi connectivity index (χ4v) is 2.10. The molecule has 0 radical (unpaired) electrons. The van der Waals surface area contributed by atoms with Crippen LogP contribution in [0.4, 0.5) is 0 Å². The monoisotopic (exact) mass is 289 g/mol. The first-order valence-corrected chi connectivity index (χ1v) is 7.32. The van der Waals surface area contributed by atoms with E-state index in [-0.39, 0.29) is 0 Å². The Morgan fingerprint density at radius 1 is 1.24 bits per heavy atom. The lowest BCUT2D eigenvalue weighted by Crippen LogP contribution is -2.07. The van der Waals surface area contributed by atoms with Gasteiger partial charge in [-0.2, -0.15) is 0 Å². The van der Waals surface area contributed by atoms with Crippen LogP contribution in [0.3, 0.4) is 0 Å². The summed E-state index contributed by atoms with van der Waals surface area (Å²) < 4.78 is 13.5. The third-order valence-corrected chi connectivity index (χ3v) is 3.07. The van der Waals surface area contributed by atoms with Gasteiger partial charge in [0.2, 0.25) is 0 Å². The molecule has 21 heavy (non-hydrogen) atoms. The molecule has 0 saturated carbocycles. The molecule has 0 amide bonds. The van der Waals surface area contributed by atoms with Crippen LogP contribution in [0.5, 0.6) is 11.5 Å². The van der Waals surface area contributed by atoms with E-state index in [1.165, 1.54) is 5.56 Å². The minimum atomic E-state index is 0.633. The van der Waals surface area contributed by atoms with Crippen molar-refractivity contribution in [2.75, 3.05) is 20.3 Å². The van der Waals surface area contributed by atoms with E-state index in [2.05, 4.69) is 16.4 Å². The van der Waals surface area contributed by atoms with E-state index in [0.717, 1.165) is 31.0 Å². The number of rotatable bonds is 9. The van der Waals surface area contributed by atoms with Gasteiger partial charge in [0.15, 0.2) is 11.5 Å². The SMILES string of the molecule is CCOc1cc(CNC)ccc1OCCCn1ccnc1. The van der Waals surface area contributed by atoms with E-state index >= 15 is 0 Å². The maximum Gasteiger partial charge on any atom is 0.161 e. The first-order valence-electron chi connectivity index (χ1n) is 7.32. The number of aromatic nitrogens is 2. The van der Waals surface area contributed by atoms with E-state index in [1.807, 2.05) is 43.2 Å². The van der Waals surface area contributed by atoms with Crippen LogP contribution in [0.1, 0.15) is 18.9 Å². The Morgan fingerprint density at radius 3 is 2.86 bits per heavy atom. The quantitative estimate of drug-likeness (QED) is 0.720. The molecular formula is C16H23N3O2. The number of nitrogens with one attached hydrogen (secondary N) is 1. The molecule has 2 rings (SSSR count). The van der Waals surface area contributed by atoms with Gasteiger partial charge in [0.05, 0.1) is 19.5 Å². The number of hydrogen-bond acceptors (Lipinski definition) is 4. The van der Waals surface area contributed by atoms with Gasteiger partial charge in [0, 0.05) is 25.5 Å². The minimum absolute atomic E-state index is 0.633. The minimum Gasteiger partial charge on any atom is -0.490 e. The van der Waals surface area contributed by atoms with E-state index in [4.69, 9.17) is 9.47 Å². The van der Waals surface area contributed by atoms with Crippen LogP contribution in [-0.2, 0) is 13.1 Å². The van der Waals surface area contributed by atoms with E-state index in [0.29, 0.717) is 13.2 Å². The van der Waals surface area contributed by atoms with Crippen molar-refractivity contribution < 1.29 is 9.47 Å². The van der Waals surface area contributed by atoms with Crippen molar-refractivity contribution in [1.29, 1.82) is 0 Å². The zero-order chi connectivity index (χ0) is 14.9. The van der Waals surface area contributed by atoms with Crippen LogP contribution in [0, 0.1) is 0 Å². The Balaban J connectivity index is 1.88. The lowest BCUT2D eigenvalue weighted by Gasteiger charge is -2.13. The zero-order valence-corrected chi connectivity index (χ0v) is 12.7. The number of aryl methyl sites for hydroxylation is 1. The maximum absolute atomic E-state index is 5.84. The highest BCUT2D eigenvalue weighted by atomic mass is 16.5. The van der Waals surface area contributed by atoms with Crippen LogP contribution in [0.2, 0.25) is 0 Å². The fourth-order valence-electron chi connectivity index (χ4n) is 2.10. The molecule has 2 aromatic rings. The molecule has 0 atom stereocenters. The van der Waals surface area contributed by atoms with Gasteiger partial charge in [-0.25, -0.2) is 4.98 Å². The van der Waals surface area contributed by atoms with Crippen molar-refractivity contribution in [1.82, 2.24) is 14.9 Å². The average molecular weight is 289 g/mol. The Labute approximate surface area is 125 Å². The molecule has 0 aliphatic rings. The Bertz CT molecular complexity index is 526. The number of nitrogens with zero attached hydrogens (tertiary/aromatic N) is 2. The van der Waals surface area contributed by atoms with Gasteiger partial charge in [0.25, 0.3) is 0 Å². The summed E-state index contributed by atoms with van der Waals surface area (Å²) in [5.74, 6) is 1.62. The zero-order valence-electron chi connectivity index (χ0n) is 12.7. The van der Waals surface area contributed by atoms with Gasteiger partial charge in [-0.05, 0) is 38.1 Å². The van der Waals surface area contributed by atoms with Crippen LogP contribution < -0.4 is 14.8 Å². The van der Waals surface area contributed by atoms with Gasteiger partial charge < -0.3 is 19.4 Å². The third kappa shape index (κ3) is 4.79. The predicted octanol–water partition coefficient (Wildman–Crippen LogP) is 2.47. The van der Waals surface area contributed by atoms with Gasteiger partial charge in [0.1, 0.15) is 0 Å². The lowest BCUT2D eigenvalue weighted by atomic mass is 10.2. The number of benzene rings is 1. The van der Waals surface area contributed by atoms with Gasteiger partial charge in [-0.3, -0.25) is 0 Å². The van der Waals surface area contributed by atoms with Crippen LogP contribution in [0.15, 0.2) is 36.9 Å². The van der Waals surface area contributed by atoms with Crippen LogP contribution in [-0.4, -0.2) is 29.8 Å². The third-order valence-electron chi connectivity index (χ3n) is 3.07. The van der Waals surface area contributed by atoms with E-state index < -0.39 is 0 Å². The molecule has 1 aromatic carbocycles. The van der Waals surface area contributed by atoms with Crippen LogP contribution >= 0.6 is 0 Å². The topological polar surface area (TPSA) is 48.3 Å².